The molecule has 1 aromatic rings. The van der Waals surface area contributed by atoms with Crippen molar-refractivity contribution in [2.24, 2.45) is 0 Å². The first-order valence-electron chi connectivity index (χ1n) is 5.69. The van der Waals surface area contributed by atoms with E-state index in [9.17, 15) is 22.8 Å². The summed E-state index contributed by atoms with van der Waals surface area (Å²) >= 11 is 0. The molecule has 0 amide bonds. The molecule has 8 heteroatoms. The van der Waals surface area contributed by atoms with Crippen LogP contribution in [0.1, 0.15) is 28.9 Å². The normalized spacial score (nSPS) is 17.6. The number of carbonyl (C=O) groups excluding carboxylic acids is 2. The smallest absolute Gasteiger partial charge is 0.433 e. The van der Waals surface area contributed by atoms with Crippen molar-refractivity contribution < 1.29 is 32.2 Å². The maximum atomic E-state index is 12.5. The van der Waals surface area contributed by atoms with Crippen LogP contribution in [0, 0.1) is 0 Å². The molecule has 5 nitrogen and oxygen atoms in total. The van der Waals surface area contributed by atoms with Crippen LogP contribution in [0.3, 0.4) is 0 Å². The molecule has 1 aliphatic rings. The summed E-state index contributed by atoms with van der Waals surface area (Å²) in [7, 11) is 1.20. The summed E-state index contributed by atoms with van der Waals surface area (Å²) in [5.74, 6) is -1.36. The number of methoxy groups -OCH3 is 1. The average Bonchev–Trinajstić information content (AvgIpc) is 2.71. The third-order valence-electron chi connectivity index (χ3n) is 2.80. The number of aromatic nitrogens is 1. The molecule has 1 aliphatic heterocycles. The first-order valence-corrected chi connectivity index (χ1v) is 5.69. The van der Waals surface area contributed by atoms with Crippen LogP contribution >= 0.6 is 0 Å². The van der Waals surface area contributed by atoms with E-state index in [1.165, 1.54) is 7.11 Å². The van der Waals surface area contributed by atoms with Crippen molar-refractivity contribution in [2.75, 3.05) is 7.11 Å². The minimum absolute atomic E-state index is 0.00661. The predicted octanol–water partition coefficient (Wildman–Crippen LogP) is 2.00. The van der Waals surface area contributed by atoms with E-state index >= 15 is 0 Å². The number of ether oxygens (including phenoxy) is 2. The van der Waals surface area contributed by atoms with Crippen molar-refractivity contribution in [3.05, 3.63) is 23.4 Å². The van der Waals surface area contributed by atoms with Crippen molar-refractivity contribution in [2.45, 2.75) is 25.1 Å². The second-order valence-corrected chi connectivity index (χ2v) is 4.13. The monoisotopic (exact) mass is 289 g/mol. The Morgan fingerprint density at radius 2 is 2.15 bits per heavy atom. The van der Waals surface area contributed by atoms with Crippen LogP contribution in [0.5, 0.6) is 5.88 Å². The lowest BCUT2D eigenvalue weighted by atomic mass is 10.1. The van der Waals surface area contributed by atoms with Crippen LogP contribution in [0.2, 0.25) is 0 Å². The number of fused-ring (bicyclic) bond motifs is 1. The number of rotatable bonds is 3. The van der Waals surface area contributed by atoms with E-state index in [1.54, 1.807) is 0 Å². The molecule has 0 fully saturated rings. The van der Waals surface area contributed by atoms with E-state index in [4.69, 9.17) is 4.74 Å². The second kappa shape index (κ2) is 5.10. The average molecular weight is 289 g/mol. The number of pyridine rings is 1. The highest BCUT2D eigenvalue weighted by atomic mass is 19.4. The molecule has 20 heavy (non-hydrogen) atoms. The number of ketones is 1. The van der Waals surface area contributed by atoms with Gasteiger partial charge in [-0.3, -0.25) is 9.59 Å². The fraction of sp³-hybridized carbons (Fsp3) is 0.417. The molecular formula is C12H10F3NO4. The molecule has 0 spiro atoms. The molecule has 0 saturated carbocycles. The quantitative estimate of drug-likeness (QED) is 0.796. The number of hydrogen-bond acceptors (Lipinski definition) is 5. The van der Waals surface area contributed by atoms with Crippen molar-refractivity contribution in [1.82, 2.24) is 4.98 Å². The van der Waals surface area contributed by atoms with Crippen LogP contribution in [0.15, 0.2) is 12.1 Å². The lowest BCUT2D eigenvalue weighted by molar-refractivity contribution is -0.141. The molecule has 2 heterocycles. The number of halogens is 3. The zero-order chi connectivity index (χ0) is 14.9. The SMILES string of the molecule is COC(=O)CCC1Oc2nc(C(F)(F)F)ccc2C1=O. The summed E-state index contributed by atoms with van der Waals surface area (Å²) in [5, 5.41) is 0. The van der Waals surface area contributed by atoms with Crippen LogP contribution in [-0.2, 0) is 15.7 Å². The highest BCUT2D eigenvalue weighted by molar-refractivity contribution is 6.04. The first-order chi connectivity index (χ1) is 9.32. The Morgan fingerprint density at radius 1 is 1.45 bits per heavy atom. The number of carbonyl (C=O) groups is 2. The Labute approximate surface area is 111 Å². The molecule has 1 atom stereocenters. The topological polar surface area (TPSA) is 65.5 Å². The van der Waals surface area contributed by atoms with Gasteiger partial charge in [-0.1, -0.05) is 0 Å². The van der Waals surface area contributed by atoms with Crippen LogP contribution in [0.25, 0.3) is 0 Å². The van der Waals surface area contributed by atoms with Gasteiger partial charge in [0, 0.05) is 12.8 Å². The van der Waals surface area contributed by atoms with Gasteiger partial charge in [0.15, 0.2) is 6.10 Å². The maximum absolute atomic E-state index is 12.5. The van der Waals surface area contributed by atoms with Gasteiger partial charge >= 0.3 is 12.1 Å². The van der Waals surface area contributed by atoms with E-state index in [0.717, 1.165) is 12.1 Å². The fourth-order valence-electron chi connectivity index (χ4n) is 1.78. The summed E-state index contributed by atoms with van der Waals surface area (Å²) < 4.78 is 47.0. The Hall–Kier alpha value is -2.12. The van der Waals surface area contributed by atoms with E-state index in [0.29, 0.717) is 0 Å². The Balaban J connectivity index is 2.14. The van der Waals surface area contributed by atoms with Gasteiger partial charge in [-0.05, 0) is 12.1 Å². The minimum Gasteiger partial charge on any atom is -0.469 e. The van der Waals surface area contributed by atoms with Gasteiger partial charge in [0.1, 0.15) is 5.69 Å². The lowest BCUT2D eigenvalue weighted by Gasteiger charge is -2.08. The van der Waals surface area contributed by atoms with Gasteiger partial charge < -0.3 is 9.47 Å². The standard InChI is InChI=1S/C12H10F3NO4/c1-19-9(17)5-3-7-10(18)6-2-4-8(12(13,14)15)16-11(6)20-7/h2,4,7H,3,5H2,1H3. The van der Waals surface area contributed by atoms with E-state index < -0.39 is 29.7 Å². The number of Topliss-reactive ketones (excluding diaryl/α,β-unsaturated/α-hetero) is 1. The van der Waals surface area contributed by atoms with Crippen LogP contribution in [-0.4, -0.2) is 30.0 Å². The van der Waals surface area contributed by atoms with E-state index in [-0.39, 0.29) is 24.3 Å². The van der Waals surface area contributed by atoms with Gasteiger partial charge in [0.2, 0.25) is 11.7 Å². The molecule has 1 aromatic heterocycles. The fourth-order valence-corrected chi connectivity index (χ4v) is 1.78. The molecule has 1 unspecified atom stereocenters. The van der Waals surface area contributed by atoms with Gasteiger partial charge in [-0.2, -0.15) is 13.2 Å². The van der Waals surface area contributed by atoms with E-state index in [1.807, 2.05) is 0 Å². The molecule has 0 radical (unpaired) electrons. The highest BCUT2D eigenvalue weighted by Gasteiger charge is 2.38. The second-order valence-electron chi connectivity index (χ2n) is 4.13. The molecule has 0 bridgehead atoms. The van der Waals surface area contributed by atoms with Gasteiger partial charge in [-0.25, -0.2) is 4.98 Å². The van der Waals surface area contributed by atoms with Crippen molar-refractivity contribution in [3.8, 4) is 5.88 Å². The van der Waals surface area contributed by atoms with Gasteiger partial charge in [0.05, 0.1) is 12.7 Å². The third kappa shape index (κ3) is 2.73. The van der Waals surface area contributed by atoms with Crippen LogP contribution < -0.4 is 4.74 Å². The van der Waals surface area contributed by atoms with Crippen molar-refractivity contribution in [1.29, 1.82) is 0 Å². The van der Waals surface area contributed by atoms with E-state index in [2.05, 4.69) is 9.72 Å². The largest absolute Gasteiger partial charge is 0.469 e. The third-order valence-corrected chi connectivity index (χ3v) is 2.80. The Bertz CT molecular complexity index is 556. The lowest BCUT2D eigenvalue weighted by Crippen LogP contribution is -2.21. The Morgan fingerprint density at radius 3 is 2.75 bits per heavy atom. The summed E-state index contributed by atoms with van der Waals surface area (Å²) in [6.07, 6.45) is -5.64. The number of hydrogen-bond donors (Lipinski definition) is 0. The Kier molecular flexibility index (Phi) is 3.65. The number of esters is 1. The molecular weight excluding hydrogens is 279 g/mol. The summed E-state index contributed by atoms with van der Waals surface area (Å²) in [4.78, 5) is 26.1. The molecule has 0 aliphatic carbocycles. The van der Waals surface area contributed by atoms with Crippen molar-refractivity contribution in [3.63, 3.8) is 0 Å². The summed E-state index contributed by atoms with van der Waals surface area (Å²) in [6.45, 7) is 0. The molecule has 0 N–H and O–H groups in total. The molecule has 0 saturated heterocycles. The van der Waals surface area contributed by atoms with Crippen molar-refractivity contribution >= 4 is 11.8 Å². The zero-order valence-electron chi connectivity index (χ0n) is 10.4. The summed E-state index contributed by atoms with van der Waals surface area (Å²) in [6, 6.07) is 1.76. The number of nitrogens with zero attached hydrogens (tertiary/aromatic N) is 1. The molecule has 108 valence electrons. The van der Waals surface area contributed by atoms with Gasteiger partial charge in [-0.15, -0.1) is 0 Å². The molecule has 0 aromatic carbocycles. The van der Waals surface area contributed by atoms with Gasteiger partial charge in [0.25, 0.3) is 0 Å². The number of alkyl halides is 3. The molecule has 2 rings (SSSR count). The highest BCUT2D eigenvalue weighted by Crippen LogP contribution is 2.34. The van der Waals surface area contributed by atoms with Crippen LogP contribution in [0.4, 0.5) is 13.2 Å². The maximum Gasteiger partial charge on any atom is 0.433 e. The zero-order valence-corrected chi connectivity index (χ0v) is 10.4. The summed E-state index contributed by atoms with van der Waals surface area (Å²) in [5.41, 5.74) is -1.13. The first kappa shape index (κ1) is 14.3. The predicted molar refractivity (Wildman–Crippen MR) is 59.2 cm³/mol. The minimum atomic E-state index is -4.61.